The van der Waals surface area contributed by atoms with Crippen LogP contribution in [0.4, 0.5) is 5.00 Å². The predicted octanol–water partition coefficient (Wildman–Crippen LogP) is 2.50. The maximum atomic E-state index is 13.2. The number of hydrogen-bond donors (Lipinski definition) is 1. The van der Waals surface area contributed by atoms with Crippen LogP contribution in [-0.4, -0.2) is 56.8 Å². The Labute approximate surface area is 183 Å². The number of anilines is 1. The summed E-state index contributed by atoms with van der Waals surface area (Å²) in [6.45, 7) is 3.51. The smallest absolute Gasteiger partial charge is 0.265 e. The monoisotopic (exact) mass is 466 g/mol. The van der Waals surface area contributed by atoms with Gasteiger partial charge in [0, 0.05) is 18.6 Å². The molecule has 0 bridgehead atoms. The van der Waals surface area contributed by atoms with Crippen molar-refractivity contribution in [2.75, 3.05) is 31.0 Å². The molecule has 2 heterocycles. The Balaban J connectivity index is 2.08. The second-order valence-corrected chi connectivity index (χ2v) is 10.0. The molecule has 1 N–H and O–H groups in total. The van der Waals surface area contributed by atoms with Gasteiger partial charge < -0.3 is 14.8 Å². The molecule has 1 atom stereocenters. The molecule has 2 aromatic rings. The summed E-state index contributed by atoms with van der Waals surface area (Å²) in [5.41, 5.74) is 0.610. The van der Waals surface area contributed by atoms with Crippen LogP contribution in [0.15, 0.2) is 23.6 Å². The molecule has 166 valence electrons. The Morgan fingerprint density at radius 2 is 1.94 bits per heavy atom. The number of hydrogen-bond acceptors (Lipinski definition) is 8. The van der Waals surface area contributed by atoms with Crippen molar-refractivity contribution in [3.8, 4) is 11.5 Å². The molecule has 1 aliphatic rings. The number of carbonyl (C=O) groups is 3. The Morgan fingerprint density at radius 1 is 1.23 bits per heavy atom. The zero-order chi connectivity index (χ0) is 22.9. The SMILES string of the molecule is CCOc1ccc(C(CS(C)(=O)=O)N2C(=O)c3csc(NC(C)=O)c3C2=O)cc1OC. The Hall–Kier alpha value is -2.92. The summed E-state index contributed by atoms with van der Waals surface area (Å²) in [6.07, 6.45) is 1.04. The molecule has 11 heteroatoms. The number of nitrogens with zero attached hydrogens (tertiary/aromatic N) is 1. The van der Waals surface area contributed by atoms with Gasteiger partial charge in [0.05, 0.1) is 36.6 Å². The van der Waals surface area contributed by atoms with E-state index in [4.69, 9.17) is 9.47 Å². The first kappa shape index (κ1) is 22.8. The predicted molar refractivity (Wildman–Crippen MR) is 116 cm³/mol. The fraction of sp³-hybridized carbons (Fsp3) is 0.350. The van der Waals surface area contributed by atoms with Crippen LogP contribution < -0.4 is 14.8 Å². The molecule has 1 aromatic carbocycles. The number of sulfone groups is 1. The lowest BCUT2D eigenvalue weighted by Crippen LogP contribution is -2.38. The van der Waals surface area contributed by atoms with Crippen LogP contribution in [0, 0.1) is 0 Å². The van der Waals surface area contributed by atoms with Gasteiger partial charge in [0.2, 0.25) is 5.91 Å². The third kappa shape index (κ3) is 4.57. The summed E-state index contributed by atoms with van der Waals surface area (Å²) in [6, 6.07) is 3.68. The summed E-state index contributed by atoms with van der Waals surface area (Å²) in [7, 11) is -2.14. The Bertz CT molecular complexity index is 1150. The maximum absolute atomic E-state index is 13.2. The third-order valence-corrected chi connectivity index (χ3v) is 6.42. The first-order valence-corrected chi connectivity index (χ1v) is 12.3. The van der Waals surface area contributed by atoms with Crippen molar-refractivity contribution in [2.24, 2.45) is 0 Å². The molecule has 1 unspecified atom stereocenters. The highest BCUT2D eigenvalue weighted by Crippen LogP contribution is 2.40. The van der Waals surface area contributed by atoms with Gasteiger partial charge in [-0.25, -0.2) is 8.42 Å². The van der Waals surface area contributed by atoms with Crippen molar-refractivity contribution in [3.63, 3.8) is 0 Å². The maximum Gasteiger partial charge on any atom is 0.265 e. The molecule has 0 spiro atoms. The zero-order valence-electron chi connectivity index (χ0n) is 17.4. The van der Waals surface area contributed by atoms with Gasteiger partial charge in [0.15, 0.2) is 11.5 Å². The average Bonchev–Trinajstić information content (AvgIpc) is 3.19. The van der Waals surface area contributed by atoms with E-state index in [-0.39, 0.29) is 22.0 Å². The molecule has 1 aliphatic heterocycles. The first-order valence-electron chi connectivity index (χ1n) is 9.32. The van der Waals surface area contributed by atoms with Gasteiger partial charge in [0.25, 0.3) is 11.8 Å². The van der Waals surface area contributed by atoms with E-state index in [9.17, 15) is 22.8 Å². The fourth-order valence-electron chi connectivity index (χ4n) is 3.38. The first-order chi connectivity index (χ1) is 14.6. The minimum atomic E-state index is -3.58. The molecule has 31 heavy (non-hydrogen) atoms. The molecule has 0 saturated carbocycles. The van der Waals surface area contributed by atoms with Crippen LogP contribution in [0.3, 0.4) is 0 Å². The average molecular weight is 467 g/mol. The van der Waals surface area contributed by atoms with E-state index < -0.39 is 33.4 Å². The lowest BCUT2D eigenvalue weighted by atomic mass is 10.1. The van der Waals surface area contributed by atoms with Gasteiger partial charge >= 0.3 is 0 Å². The Morgan fingerprint density at radius 3 is 2.52 bits per heavy atom. The number of amides is 3. The van der Waals surface area contributed by atoms with Crippen molar-refractivity contribution in [1.29, 1.82) is 0 Å². The number of nitrogens with one attached hydrogen (secondary N) is 1. The molecule has 3 amide bonds. The lowest BCUT2D eigenvalue weighted by molar-refractivity contribution is -0.114. The molecule has 0 radical (unpaired) electrons. The summed E-state index contributed by atoms with van der Waals surface area (Å²) in [5, 5.41) is 4.29. The zero-order valence-corrected chi connectivity index (χ0v) is 19.1. The van der Waals surface area contributed by atoms with Gasteiger partial charge in [-0.05, 0) is 24.6 Å². The van der Waals surface area contributed by atoms with Crippen molar-refractivity contribution in [1.82, 2.24) is 4.90 Å². The van der Waals surface area contributed by atoms with Gasteiger partial charge in [-0.2, -0.15) is 0 Å². The summed E-state index contributed by atoms with van der Waals surface area (Å²) >= 11 is 1.07. The van der Waals surface area contributed by atoms with Crippen LogP contribution in [-0.2, 0) is 14.6 Å². The molecule has 0 aliphatic carbocycles. The normalized spacial score (nSPS) is 14.4. The van der Waals surface area contributed by atoms with E-state index in [1.54, 1.807) is 18.2 Å². The van der Waals surface area contributed by atoms with Crippen LogP contribution in [0.25, 0.3) is 0 Å². The van der Waals surface area contributed by atoms with E-state index in [2.05, 4.69) is 5.32 Å². The van der Waals surface area contributed by atoms with Crippen LogP contribution in [0.2, 0.25) is 0 Å². The number of ether oxygens (including phenoxy) is 2. The summed E-state index contributed by atoms with van der Waals surface area (Å²) in [5.74, 6) is -1.32. The van der Waals surface area contributed by atoms with Crippen LogP contribution >= 0.6 is 11.3 Å². The number of rotatable bonds is 8. The van der Waals surface area contributed by atoms with Gasteiger partial charge in [-0.1, -0.05) is 6.07 Å². The van der Waals surface area contributed by atoms with E-state index in [1.165, 1.54) is 19.4 Å². The standard InChI is InChI=1S/C20H22N2O7S2/c1-5-29-15-7-6-12(8-16(15)28-3)14(10-31(4,26)27)22-19(24)13-9-30-18(21-11(2)23)17(13)20(22)25/h6-9,14H,5,10H2,1-4H3,(H,21,23). The van der Waals surface area contributed by atoms with Crippen molar-refractivity contribution >= 4 is 43.9 Å². The molecular weight excluding hydrogens is 444 g/mol. The molecular formula is C20H22N2O7S2. The van der Waals surface area contributed by atoms with Crippen LogP contribution in [0.1, 0.15) is 46.2 Å². The minimum Gasteiger partial charge on any atom is -0.493 e. The van der Waals surface area contributed by atoms with Gasteiger partial charge in [-0.3, -0.25) is 19.3 Å². The lowest BCUT2D eigenvalue weighted by Gasteiger charge is -2.27. The summed E-state index contributed by atoms with van der Waals surface area (Å²) in [4.78, 5) is 38.7. The van der Waals surface area contributed by atoms with Crippen LogP contribution in [0.5, 0.6) is 11.5 Å². The summed E-state index contributed by atoms with van der Waals surface area (Å²) < 4.78 is 35.2. The van der Waals surface area contributed by atoms with Gasteiger partial charge in [-0.15, -0.1) is 11.3 Å². The molecule has 9 nitrogen and oxygen atoms in total. The largest absolute Gasteiger partial charge is 0.493 e. The number of methoxy groups -OCH3 is 1. The fourth-order valence-corrected chi connectivity index (χ4v) is 5.27. The van der Waals surface area contributed by atoms with Crippen molar-refractivity contribution < 1.29 is 32.3 Å². The number of thiophene rings is 1. The van der Waals surface area contributed by atoms with Crippen molar-refractivity contribution in [2.45, 2.75) is 19.9 Å². The molecule has 0 fully saturated rings. The quantitative estimate of drug-likeness (QED) is 0.594. The Kier molecular flexibility index (Phi) is 6.37. The van der Waals surface area contributed by atoms with E-state index >= 15 is 0 Å². The highest BCUT2D eigenvalue weighted by atomic mass is 32.2. The number of imide groups is 1. The molecule has 1 aromatic heterocycles. The van der Waals surface area contributed by atoms with Gasteiger partial charge in [0.1, 0.15) is 14.8 Å². The van der Waals surface area contributed by atoms with E-state index in [0.29, 0.717) is 23.7 Å². The topological polar surface area (TPSA) is 119 Å². The van der Waals surface area contributed by atoms with E-state index in [1.807, 2.05) is 6.92 Å². The van der Waals surface area contributed by atoms with Crippen molar-refractivity contribution in [3.05, 3.63) is 40.3 Å². The number of benzene rings is 1. The number of fused-ring (bicyclic) bond motifs is 1. The molecule has 3 rings (SSSR count). The third-order valence-electron chi connectivity index (χ3n) is 4.61. The highest BCUT2D eigenvalue weighted by Gasteiger charge is 2.44. The number of carbonyl (C=O) groups excluding carboxylic acids is 3. The second kappa shape index (κ2) is 8.67. The minimum absolute atomic E-state index is 0.0709. The molecule has 0 saturated heterocycles. The van der Waals surface area contributed by atoms with E-state index in [0.717, 1.165) is 22.5 Å². The highest BCUT2D eigenvalue weighted by molar-refractivity contribution is 7.90. The second-order valence-electron chi connectivity index (χ2n) is 6.97.